The quantitative estimate of drug-likeness (QED) is 0.328. The topological polar surface area (TPSA) is 71.1 Å². The van der Waals surface area contributed by atoms with Gasteiger partial charge in [-0.2, -0.15) is 0 Å². The average molecular weight is 439 g/mol. The van der Waals surface area contributed by atoms with Crippen LogP contribution in [0.3, 0.4) is 0 Å². The van der Waals surface area contributed by atoms with Crippen LogP contribution in [0.2, 0.25) is 0 Å². The fraction of sp³-hybridized carbons (Fsp3) is 0.385. The molecule has 0 N–H and O–H groups in total. The van der Waals surface area contributed by atoms with E-state index >= 15 is 0 Å². The van der Waals surface area contributed by atoms with Gasteiger partial charge in [-0.05, 0) is 49.9 Å². The first kappa shape index (κ1) is 23.4. The molecule has 0 heterocycles. The maximum atomic E-state index is 12.0. The molecule has 0 aliphatic carbocycles. The van der Waals surface area contributed by atoms with Crippen LogP contribution in [0, 0.1) is 0 Å². The normalized spacial score (nSPS) is 10.9. The van der Waals surface area contributed by atoms with Crippen molar-refractivity contribution in [2.45, 2.75) is 40.5 Å². The largest absolute Gasteiger partial charge is 0.481 e. The van der Waals surface area contributed by atoms with Crippen molar-refractivity contribution in [2.75, 3.05) is 26.4 Å². The van der Waals surface area contributed by atoms with E-state index in [0.717, 1.165) is 45.5 Å². The smallest absolute Gasteiger partial charge is 0.344 e. The summed E-state index contributed by atoms with van der Waals surface area (Å²) in [6.07, 6.45) is 1.69. The van der Waals surface area contributed by atoms with Crippen LogP contribution < -0.4 is 9.47 Å². The van der Waals surface area contributed by atoms with Gasteiger partial charge in [0.2, 0.25) is 0 Å². The number of benzene rings is 3. The summed E-state index contributed by atoms with van der Waals surface area (Å²) in [5.74, 6) is 0.357. The van der Waals surface area contributed by atoms with Gasteiger partial charge in [0.15, 0.2) is 13.2 Å². The zero-order chi connectivity index (χ0) is 23.1. The summed E-state index contributed by atoms with van der Waals surface area (Å²) in [4.78, 5) is 24.0. The Morgan fingerprint density at radius 1 is 0.625 bits per heavy atom. The second-order valence-electron chi connectivity index (χ2n) is 7.31. The first-order chi connectivity index (χ1) is 15.5. The van der Waals surface area contributed by atoms with Crippen molar-refractivity contribution in [3.63, 3.8) is 0 Å². The molecule has 6 nitrogen and oxygen atoms in total. The van der Waals surface area contributed by atoms with E-state index in [0.29, 0.717) is 24.7 Å². The summed E-state index contributed by atoms with van der Waals surface area (Å²) in [5.41, 5.74) is 2.25. The van der Waals surface area contributed by atoms with Crippen LogP contribution in [0.5, 0.6) is 11.5 Å². The minimum Gasteiger partial charge on any atom is -0.481 e. The van der Waals surface area contributed by atoms with E-state index < -0.39 is 11.9 Å². The summed E-state index contributed by atoms with van der Waals surface area (Å²) in [7, 11) is 0. The monoisotopic (exact) mass is 438 g/mol. The zero-order valence-corrected chi connectivity index (χ0v) is 19.2. The number of carbonyl (C=O) groups excluding carboxylic acids is 2. The second kappa shape index (κ2) is 10.8. The molecule has 0 bridgehead atoms. The number of hydrogen-bond donors (Lipinski definition) is 0. The van der Waals surface area contributed by atoms with Crippen LogP contribution in [0.4, 0.5) is 0 Å². The molecule has 0 fully saturated rings. The predicted octanol–water partition coefficient (Wildman–Crippen LogP) is 5.00. The molecule has 0 radical (unpaired) electrons. The van der Waals surface area contributed by atoms with Gasteiger partial charge in [0.1, 0.15) is 11.5 Å². The lowest BCUT2D eigenvalue weighted by Gasteiger charge is -2.18. The van der Waals surface area contributed by atoms with Gasteiger partial charge in [0, 0.05) is 21.5 Å². The third kappa shape index (κ3) is 5.13. The minimum atomic E-state index is -0.423. The highest BCUT2D eigenvalue weighted by molar-refractivity contribution is 6.11. The Morgan fingerprint density at radius 2 is 1.03 bits per heavy atom. The van der Waals surface area contributed by atoms with Crippen molar-refractivity contribution >= 4 is 33.5 Å². The fourth-order valence-corrected chi connectivity index (χ4v) is 3.66. The Hall–Kier alpha value is -3.28. The molecule has 0 aromatic heterocycles. The number of fused-ring (bicyclic) bond motifs is 2. The molecule has 0 aliphatic rings. The van der Waals surface area contributed by atoms with E-state index in [-0.39, 0.29) is 13.2 Å². The lowest BCUT2D eigenvalue weighted by Crippen LogP contribution is -2.16. The van der Waals surface area contributed by atoms with Gasteiger partial charge in [-0.3, -0.25) is 0 Å². The lowest BCUT2D eigenvalue weighted by atomic mass is 9.96. The van der Waals surface area contributed by atoms with Crippen molar-refractivity contribution in [3.8, 4) is 11.5 Å². The Labute approximate surface area is 188 Å². The Morgan fingerprint density at radius 3 is 1.38 bits per heavy atom. The SMILES string of the molecule is CCOC(=O)COc1c2ccc(CC)cc2c(OCC(=O)OCC)c2ccc(CC)cc12. The Balaban J connectivity index is 2.21. The molecule has 3 aromatic carbocycles. The maximum Gasteiger partial charge on any atom is 0.344 e. The summed E-state index contributed by atoms with van der Waals surface area (Å²) >= 11 is 0. The number of carbonyl (C=O) groups is 2. The maximum absolute atomic E-state index is 12.0. The number of esters is 2. The summed E-state index contributed by atoms with van der Waals surface area (Å²) in [5, 5.41) is 3.27. The lowest BCUT2D eigenvalue weighted by molar-refractivity contribution is -0.146. The molecular formula is C26H30O6. The zero-order valence-electron chi connectivity index (χ0n) is 19.2. The van der Waals surface area contributed by atoms with Crippen molar-refractivity contribution in [2.24, 2.45) is 0 Å². The molecular weight excluding hydrogens is 408 g/mol. The highest BCUT2D eigenvalue weighted by Crippen LogP contribution is 2.43. The molecule has 0 aliphatic heterocycles. The van der Waals surface area contributed by atoms with Crippen molar-refractivity contribution in [3.05, 3.63) is 47.5 Å². The number of rotatable bonds is 10. The van der Waals surface area contributed by atoms with Crippen LogP contribution in [0.15, 0.2) is 36.4 Å². The number of hydrogen-bond acceptors (Lipinski definition) is 6. The van der Waals surface area contributed by atoms with E-state index in [9.17, 15) is 9.59 Å². The van der Waals surface area contributed by atoms with Gasteiger partial charge in [0.25, 0.3) is 0 Å². The van der Waals surface area contributed by atoms with Crippen molar-refractivity contribution in [1.29, 1.82) is 0 Å². The molecule has 3 rings (SSSR count). The minimum absolute atomic E-state index is 0.188. The van der Waals surface area contributed by atoms with Crippen LogP contribution in [0.25, 0.3) is 21.5 Å². The van der Waals surface area contributed by atoms with Crippen molar-refractivity contribution < 1.29 is 28.5 Å². The van der Waals surface area contributed by atoms with E-state index in [4.69, 9.17) is 18.9 Å². The van der Waals surface area contributed by atoms with Crippen LogP contribution in [-0.2, 0) is 31.9 Å². The number of aryl methyl sites for hydroxylation is 2. The van der Waals surface area contributed by atoms with E-state index in [1.54, 1.807) is 13.8 Å². The highest BCUT2D eigenvalue weighted by Gasteiger charge is 2.19. The van der Waals surface area contributed by atoms with Crippen LogP contribution in [0.1, 0.15) is 38.8 Å². The van der Waals surface area contributed by atoms with Gasteiger partial charge in [0.05, 0.1) is 13.2 Å². The third-order valence-electron chi connectivity index (χ3n) is 5.24. The highest BCUT2D eigenvalue weighted by atomic mass is 16.6. The molecule has 6 heteroatoms. The molecule has 0 atom stereocenters. The fourth-order valence-electron chi connectivity index (χ4n) is 3.66. The summed E-state index contributed by atoms with van der Waals surface area (Å²) in [6.45, 7) is 7.89. The Kier molecular flexibility index (Phi) is 7.92. The van der Waals surface area contributed by atoms with E-state index in [2.05, 4.69) is 13.8 Å². The van der Waals surface area contributed by atoms with Crippen LogP contribution in [-0.4, -0.2) is 38.4 Å². The predicted molar refractivity (Wildman–Crippen MR) is 124 cm³/mol. The molecule has 0 unspecified atom stereocenters. The van der Waals surface area contributed by atoms with Gasteiger partial charge >= 0.3 is 11.9 Å². The van der Waals surface area contributed by atoms with Gasteiger partial charge in [-0.1, -0.05) is 38.1 Å². The first-order valence-electron chi connectivity index (χ1n) is 11.1. The molecule has 170 valence electrons. The molecule has 3 aromatic rings. The van der Waals surface area contributed by atoms with Gasteiger partial charge in [-0.15, -0.1) is 0 Å². The number of ether oxygens (including phenoxy) is 4. The average Bonchev–Trinajstić information content (AvgIpc) is 2.80. The standard InChI is InChI=1S/C26H30O6/c1-5-17-9-11-19-21(13-17)25(31-15-23(27)29-7-3)20-12-10-18(6-2)14-22(20)26(19)32-16-24(28)30-8-4/h9-14H,5-8,15-16H2,1-4H3. The van der Waals surface area contributed by atoms with Gasteiger partial charge in [-0.25, -0.2) is 9.59 Å². The molecule has 0 saturated heterocycles. The van der Waals surface area contributed by atoms with E-state index in [1.807, 2.05) is 36.4 Å². The van der Waals surface area contributed by atoms with Gasteiger partial charge < -0.3 is 18.9 Å². The summed E-state index contributed by atoms with van der Waals surface area (Å²) in [6, 6.07) is 12.1. The first-order valence-corrected chi connectivity index (χ1v) is 11.1. The molecule has 0 amide bonds. The Bertz CT molecular complexity index is 1030. The summed E-state index contributed by atoms with van der Waals surface area (Å²) < 4.78 is 22.1. The molecule has 0 spiro atoms. The third-order valence-corrected chi connectivity index (χ3v) is 5.24. The molecule has 0 saturated carbocycles. The van der Waals surface area contributed by atoms with Crippen molar-refractivity contribution in [1.82, 2.24) is 0 Å². The molecule has 32 heavy (non-hydrogen) atoms. The second-order valence-corrected chi connectivity index (χ2v) is 7.31. The van der Waals surface area contributed by atoms with Crippen LogP contribution >= 0.6 is 0 Å². The van der Waals surface area contributed by atoms with E-state index in [1.165, 1.54) is 0 Å².